The average Bonchev–Trinajstić information content (AvgIpc) is 3.45. The maximum atomic E-state index is 4.44. The molecule has 6 nitrogen and oxygen atoms in total. The number of benzene rings is 1. The Kier molecular flexibility index (Phi) is 4.18. The molecule has 27 heavy (non-hydrogen) atoms. The Labute approximate surface area is 161 Å². The van der Waals surface area contributed by atoms with Gasteiger partial charge >= 0.3 is 0 Å². The van der Waals surface area contributed by atoms with Crippen molar-refractivity contribution < 1.29 is 0 Å². The topological polar surface area (TPSA) is 66.0 Å². The maximum Gasteiger partial charge on any atom is 0.0958 e. The summed E-state index contributed by atoms with van der Waals surface area (Å²) in [6.07, 6.45) is 9.85. The first kappa shape index (κ1) is 16.8. The fourth-order valence-electron chi connectivity index (χ4n) is 3.91. The van der Waals surface area contributed by atoms with Crippen LogP contribution in [0.25, 0.3) is 11.0 Å². The molecular formula is C20H23N6P. The van der Waals surface area contributed by atoms with Gasteiger partial charge in [-0.05, 0) is 41.9 Å². The van der Waals surface area contributed by atoms with Crippen molar-refractivity contribution in [2.24, 2.45) is 0 Å². The summed E-state index contributed by atoms with van der Waals surface area (Å²) in [6, 6.07) is 6.37. The highest BCUT2D eigenvalue weighted by atomic mass is 31.0. The molecule has 1 aromatic carbocycles. The van der Waals surface area contributed by atoms with Crippen molar-refractivity contribution in [1.82, 2.24) is 20.3 Å². The summed E-state index contributed by atoms with van der Waals surface area (Å²) >= 11 is 0. The van der Waals surface area contributed by atoms with E-state index in [0.29, 0.717) is 5.54 Å². The van der Waals surface area contributed by atoms with Gasteiger partial charge in [0, 0.05) is 50.3 Å². The summed E-state index contributed by atoms with van der Waals surface area (Å²) < 4.78 is 0. The Morgan fingerprint density at radius 2 is 2.07 bits per heavy atom. The summed E-state index contributed by atoms with van der Waals surface area (Å²) in [6.45, 7) is 3.88. The lowest BCUT2D eigenvalue weighted by molar-refractivity contribution is 0.442. The Morgan fingerprint density at radius 1 is 1.19 bits per heavy atom. The van der Waals surface area contributed by atoms with Gasteiger partial charge < -0.3 is 15.5 Å². The molecule has 2 aromatic heterocycles. The summed E-state index contributed by atoms with van der Waals surface area (Å²) in [4.78, 5) is 15.7. The molecule has 3 aromatic rings. The molecule has 1 aliphatic carbocycles. The first-order valence-corrected chi connectivity index (χ1v) is 9.97. The molecule has 2 aliphatic rings. The van der Waals surface area contributed by atoms with Gasteiger partial charge in [-0.15, -0.1) is 9.24 Å². The van der Waals surface area contributed by atoms with Gasteiger partial charge in [0.1, 0.15) is 0 Å². The molecule has 1 saturated heterocycles. The van der Waals surface area contributed by atoms with Gasteiger partial charge in [-0.3, -0.25) is 15.0 Å². The average molecular weight is 378 g/mol. The lowest BCUT2D eigenvalue weighted by Gasteiger charge is -2.36. The minimum absolute atomic E-state index is 0.351. The minimum Gasteiger partial charge on any atom is -0.378 e. The van der Waals surface area contributed by atoms with E-state index >= 15 is 0 Å². The van der Waals surface area contributed by atoms with Crippen LogP contribution in [0.1, 0.15) is 18.4 Å². The zero-order valence-corrected chi connectivity index (χ0v) is 16.3. The van der Waals surface area contributed by atoms with E-state index in [9.17, 15) is 0 Å². The van der Waals surface area contributed by atoms with Crippen molar-refractivity contribution >= 4 is 37.0 Å². The van der Waals surface area contributed by atoms with E-state index in [1.54, 1.807) is 12.4 Å². The Balaban J connectivity index is 1.37. The van der Waals surface area contributed by atoms with Crippen LogP contribution in [-0.2, 0) is 6.54 Å². The van der Waals surface area contributed by atoms with Gasteiger partial charge in [0.05, 0.1) is 28.6 Å². The van der Waals surface area contributed by atoms with Gasteiger partial charge in [-0.1, -0.05) is 0 Å². The zero-order valence-electron chi connectivity index (χ0n) is 15.2. The second-order valence-electron chi connectivity index (χ2n) is 7.48. The van der Waals surface area contributed by atoms with E-state index in [1.165, 1.54) is 24.1 Å². The first-order valence-electron chi connectivity index (χ1n) is 9.39. The van der Waals surface area contributed by atoms with Crippen LogP contribution in [0.15, 0.2) is 43.0 Å². The molecule has 0 amide bonds. The predicted molar refractivity (Wildman–Crippen MR) is 113 cm³/mol. The number of fused-ring (bicyclic) bond motifs is 1. The molecular weight excluding hydrogens is 355 g/mol. The number of rotatable bonds is 4. The molecule has 2 fully saturated rings. The van der Waals surface area contributed by atoms with E-state index in [2.05, 4.69) is 57.9 Å². The smallest absolute Gasteiger partial charge is 0.0958 e. The van der Waals surface area contributed by atoms with Gasteiger partial charge in [-0.25, -0.2) is 0 Å². The number of nitrogens with one attached hydrogen (secondary N) is 2. The molecule has 1 aliphatic heterocycles. The molecule has 0 bridgehead atoms. The van der Waals surface area contributed by atoms with Crippen molar-refractivity contribution in [2.45, 2.75) is 24.9 Å². The third kappa shape index (κ3) is 3.35. The monoisotopic (exact) mass is 378 g/mol. The molecule has 5 rings (SSSR count). The minimum atomic E-state index is 0.351. The SMILES string of the molecule is Pc1cc(CNc2cnccc2N2CCNC3(CC3)C2)cc2nccnc12. The van der Waals surface area contributed by atoms with Gasteiger partial charge in [-0.2, -0.15) is 0 Å². The van der Waals surface area contributed by atoms with E-state index in [0.717, 1.165) is 48.2 Å². The molecule has 1 atom stereocenters. The summed E-state index contributed by atoms with van der Waals surface area (Å²) in [5.74, 6) is 0. The molecule has 1 spiro atoms. The normalized spacial score (nSPS) is 18.0. The summed E-state index contributed by atoms with van der Waals surface area (Å²) in [7, 11) is 2.77. The highest BCUT2D eigenvalue weighted by Gasteiger charge is 2.45. The molecule has 7 heteroatoms. The van der Waals surface area contributed by atoms with Crippen molar-refractivity contribution in [1.29, 1.82) is 0 Å². The fraction of sp³-hybridized carbons (Fsp3) is 0.350. The van der Waals surface area contributed by atoms with Crippen LogP contribution in [0.5, 0.6) is 0 Å². The van der Waals surface area contributed by atoms with E-state index in [1.807, 2.05) is 12.4 Å². The Hall–Kier alpha value is -2.30. The van der Waals surface area contributed by atoms with Crippen molar-refractivity contribution in [3.63, 3.8) is 0 Å². The van der Waals surface area contributed by atoms with Crippen molar-refractivity contribution in [2.75, 3.05) is 29.9 Å². The zero-order chi connectivity index (χ0) is 18.3. The van der Waals surface area contributed by atoms with E-state index in [4.69, 9.17) is 0 Å². The molecule has 2 N–H and O–H groups in total. The predicted octanol–water partition coefficient (Wildman–Crippen LogP) is 2.08. The number of hydrogen-bond acceptors (Lipinski definition) is 6. The van der Waals surface area contributed by atoms with Crippen LogP contribution < -0.4 is 20.8 Å². The number of aromatic nitrogens is 3. The number of nitrogens with zero attached hydrogens (tertiary/aromatic N) is 4. The lowest BCUT2D eigenvalue weighted by atomic mass is 10.1. The van der Waals surface area contributed by atoms with Crippen LogP contribution >= 0.6 is 9.24 Å². The number of anilines is 2. The molecule has 1 unspecified atom stereocenters. The Morgan fingerprint density at radius 3 is 2.96 bits per heavy atom. The van der Waals surface area contributed by atoms with Crippen LogP contribution in [-0.4, -0.2) is 40.1 Å². The lowest BCUT2D eigenvalue weighted by Crippen LogP contribution is -2.52. The fourth-order valence-corrected chi connectivity index (χ4v) is 4.34. The van der Waals surface area contributed by atoms with E-state index in [-0.39, 0.29) is 0 Å². The van der Waals surface area contributed by atoms with Gasteiger partial charge in [0.25, 0.3) is 0 Å². The maximum absolute atomic E-state index is 4.44. The number of piperazine rings is 1. The highest BCUT2D eigenvalue weighted by molar-refractivity contribution is 7.28. The van der Waals surface area contributed by atoms with E-state index < -0.39 is 0 Å². The standard InChI is InChI=1S/C20H23N6P/c27-18-10-14(9-15-19(18)23-6-5-22-15)11-24-16-12-21-4-1-17(16)26-8-7-25-20(13-26)2-3-20/h1,4-6,9-10,12,24-25H,2-3,7-8,11,13,27H2. The van der Waals surface area contributed by atoms with Crippen LogP contribution in [0.4, 0.5) is 11.4 Å². The van der Waals surface area contributed by atoms with Crippen molar-refractivity contribution in [3.05, 3.63) is 48.5 Å². The third-order valence-electron chi connectivity index (χ3n) is 5.51. The van der Waals surface area contributed by atoms with Crippen molar-refractivity contribution in [3.8, 4) is 0 Å². The highest BCUT2D eigenvalue weighted by Crippen LogP contribution is 2.39. The largest absolute Gasteiger partial charge is 0.378 e. The number of hydrogen-bond donors (Lipinski definition) is 2. The number of pyridine rings is 1. The van der Waals surface area contributed by atoms with Crippen LogP contribution in [0.2, 0.25) is 0 Å². The van der Waals surface area contributed by atoms with Crippen LogP contribution in [0, 0.1) is 0 Å². The first-order chi connectivity index (χ1) is 13.2. The third-order valence-corrected chi connectivity index (χ3v) is 5.95. The Bertz CT molecular complexity index is 987. The molecule has 0 radical (unpaired) electrons. The molecule has 1 saturated carbocycles. The molecule has 3 heterocycles. The second-order valence-corrected chi connectivity index (χ2v) is 8.11. The summed E-state index contributed by atoms with van der Waals surface area (Å²) in [5, 5.41) is 8.33. The van der Waals surface area contributed by atoms with Crippen LogP contribution in [0.3, 0.4) is 0 Å². The summed E-state index contributed by atoms with van der Waals surface area (Å²) in [5.41, 5.74) is 5.71. The van der Waals surface area contributed by atoms with Gasteiger partial charge in [0.15, 0.2) is 0 Å². The quantitative estimate of drug-likeness (QED) is 0.678. The van der Waals surface area contributed by atoms with Gasteiger partial charge in [0.2, 0.25) is 0 Å². The second kappa shape index (κ2) is 6.70. The molecule has 138 valence electrons.